The van der Waals surface area contributed by atoms with E-state index in [0.717, 1.165) is 0 Å². The molecule has 1 aromatic carbocycles. The van der Waals surface area contributed by atoms with Crippen molar-refractivity contribution in [3.05, 3.63) is 23.8 Å². The first kappa shape index (κ1) is 15.8. The summed E-state index contributed by atoms with van der Waals surface area (Å²) in [5.41, 5.74) is 6.77. The molecule has 0 atom stereocenters. The van der Waals surface area contributed by atoms with Gasteiger partial charge in [0.2, 0.25) is 0 Å². The summed E-state index contributed by atoms with van der Waals surface area (Å²) in [5, 5.41) is 8.69. The molecule has 0 aromatic heterocycles. The van der Waals surface area contributed by atoms with Crippen LogP contribution in [0.4, 0.5) is 5.69 Å². The molecule has 0 aliphatic heterocycles. The van der Waals surface area contributed by atoms with Gasteiger partial charge in [0.15, 0.2) is 0 Å². The molecule has 1 rings (SSSR count). The van der Waals surface area contributed by atoms with Crippen LogP contribution < -0.4 is 10.5 Å². The van der Waals surface area contributed by atoms with Crippen LogP contribution >= 0.6 is 0 Å². The minimum Gasteiger partial charge on any atom is -0.495 e. The molecular weight excluding hydrogens is 254 g/mol. The van der Waals surface area contributed by atoms with Gasteiger partial charge in [-0.25, -0.2) is 0 Å². The Hall–Kier alpha value is -2.22. The Bertz CT molecular complexity index is 506. The third-order valence-electron chi connectivity index (χ3n) is 2.84. The maximum Gasteiger partial charge on any atom is 0.253 e. The summed E-state index contributed by atoms with van der Waals surface area (Å²) in [4.78, 5) is 14.1. The fourth-order valence-corrected chi connectivity index (χ4v) is 1.95. The van der Waals surface area contributed by atoms with Crippen molar-refractivity contribution in [1.82, 2.24) is 4.90 Å². The quantitative estimate of drug-likeness (QED) is 0.808. The Balaban J connectivity index is 2.93. The minimum atomic E-state index is -0.108. The number of amides is 1. The van der Waals surface area contributed by atoms with Gasteiger partial charge in [-0.05, 0) is 24.1 Å². The number of carbonyl (C=O) groups is 1. The molecule has 0 saturated heterocycles. The highest BCUT2D eigenvalue weighted by Crippen LogP contribution is 2.22. The first-order valence-corrected chi connectivity index (χ1v) is 6.59. The number of anilines is 1. The van der Waals surface area contributed by atoms with Crippen molar-refractivity contribution in [2.24, 2.45) is 5.92 Å². The van der Waals surface area contributed by atoms with Gasteiger partial charge in [0, 0.05) is 18.7 Å². The molecule has 0 spiro atoms. The zero-order chi connectivity index (χ0) is 15.1. The number of nitrogens with two attached hydrogens (primary N) is 1. The van der Waals surface area contributed by atoms with Crippen LogP contribution in [-0.2, 0) is 0 Å². The zero-order valence-electron chi connectivity index (χ0n) is 12.2. The van der Waals surface area contributed by atoms with Gasteiger partial charge in [0.1, 0.15) is 5.75 Å². The van der Waals surface area contributed by atoms with Gasteiger partial charge >= 0.3 is 0 Å². The van der Waals surface area contributed by atoms with Gasteiger partial charge in [0.05, 0.1) is 25.3 Å². The third-order valence-corrected chi connectivity index (χ3v) is 2.84. The normalized spacial score (nSPS) is 10.2. The van der Waals surface area contributed by atoms with E-state index in [4.69, 9.17) is 15.7 Å². The number of hydrogen-bond acceptors (Lipinski definition) is 4. The summed E-state index contributed by atoms with van der Waals surface area (Å²) in [7, 11) is 1.53. The Morgan fingerprint density at radius 1 is 1.50 bits per heavy atom. The van der Waals surface area contributed by atoms with Crippen LogP contribution in [0.2, 0.25) is 0 Å². The molecule has 108 valence electrons. The lowest BCUT2D eigenvalue weighted by atomic mass is 10.1. The molecule has 0 bridgehead atoms. The zero-order valence-corrected chi connectivity index (χ0v) is 12.2. The van der Waals surface area contributed by atoms with Crippen LogP contribution in [0.5, 0.6) is 5.75 Å². The Labute approximate surface area is 119 Å². The Morgan fingerprint density at radius 3 is 2.70 bits per heavy atom. The van der Waals surface area contributed by atoms with E-state index in [2.05, 4.69) is 6.07 Å². The van der Waals surface area contributed by atoms with Crippen molar-refractivity contribution >= 4 is 11.6 Å². The molecule has 2 N–H and O–H groups in total. The van der Waals surface area contributed by atoms with E-state index in [1.807, 2.05) is 13.8 Å². The molecule has 0 fully saturated rings. The highest BCUT2D eigenvalue weighted by atomic mass is 16.5. The van der Waals surface area contributed by atoms with Crippen molar-refractivity contribution in [2.75, 3.05) is 25.9 Å². The lowest BCUT2D eigenvalue weighted by molar-refractivity contribution is 0.0740. The standard InChI is InChI=1S/C15H21N3O2/c1-11(2)10-18(8-4-7-16)15(19)12-5-6-14(20-3)13(17)9-12/h5-6,9,11H,4,8,10,17H2,1-3H3. The van der Waals surface area contributed by atoms with Crippen LogP contribution in [0.25, 0.3) is 0 Å². The number of nitrogen functional groups attached to an aromatic ring is 1. The lowest BCUT2D eigenvalue weighted by Crippen LogP contribution is -2.35. The summed E-state index contributed by atoms with van der Waals surface area (Å²) in [6, 6.07) is 7.05. The smallest absolute Gasteiger partial charge is 0.253 e. The average Bonchev–Trinajstić information content (AvgIpc) is 2.42. The lowest BCUT2D eigenvalue weighted by Gasteiger charge is -2.24. The SMILES string of the molecule is COc1ccc(C(=O)N(CCC#N)CC(C)C)cc1N. The molecule has 0 radical (unpaired) electrons. The number of rotatable bonds is 6. The van der Waals surface area contributed by atoms with Crippen LogP contribution in [0, 0.1) is 17.2 Å². The summed E-state index contributed by atoms with van der Waals surface area (Å²) in [6.07, 6.45) is 0.324. The van der Waals surface area contributed by atoms with E-state index in [9.17, 15) is 4.79 Å². The molecule has 0 aliphatic carbocycles. The van der Waals surface area contributed by atoms with E-state index in [1.165, 1.54) is 7.11 Å². The van der Waals surface area contributed by atoms with Crippen LogP contribution in [0.1, 0.15) is 30.6 Å². The summed E-state index contributed by atoms with van der Waals surface area (Å²) < 4.78 is 5.08. The summed E-state index contributed by atoms with van der Waals surface area (Å²) in [5.74, 6) is 0.783. The van der Waals surface area contributed by atoms with Gasteiger partial charge < -0.3 is 15.4 Å². The van der Waals surface area contributed by atoms with Gasteiger partial charge in [0.25, 0.3) is 5.91 Å². The average molecular weight is 275 g/mol. The highest BCUT2D eigenvalue weighted by molar-refractivity contribution is 5.95. The van der Waals surface area contributed by atoms with E-state index < -0.39 is 0 Å². The predicted octanol–water partition coefficient (Wildman–Crippen LogP) is 2.29. The topological polar surface area (TPSA) is 79.3 Å². The van der Waals surface area contributed by atoms with Crippen LogP contribution in [0.15, 0.2) is 18.2 Å². The van der Waals surface area contributed by atoms with Crippen molar-refractivity contribution in [1.29, 1.82) is 5.26 Å². The van der Waals surface area contributed by atoms with E-state index >= 15 is 0 Å². The molecule has 0 saturated carbocycles. The van der Waals surface area contributed by atoms with Crippen LogP contribution in [-0.4, -0.2) is 31.0 Å². The number of benzene rings is 1. The summed E-state index contributed by atoms with van der Waals surface area (Å²) in [6.45, 7) is 5.12. The number of methoxy groups -OCH3 is 1. The van der Waals surface area contributed by atoms with E-state index in [0.29, 0.717) is 42.4 Å². The molecule has 20 heavy (non-hydrogen) atoms. The van der Waals surface area contributed by atoms with Crippen molar-refractivity contribution in [2.45, 2.75) is 20.3 Å². The number of carbonyl (C=O) groups excluding carboxylic acids is 1. The maximum absolute atomic E-state index is 12.5. The monoisotopic (exact) mass is 275 g/mol. The first-order chi connectivity index (χ1) is 9.49. The Morgan fingerprint density at radius 2 is 2.20 bits per heavy atom. The van der Waals surface area contributed by atoms with Crippen LogP contribution in [0.3, 0.4) is 0 Å². The molecule has 0 unspecified atom stereocenters. The second-order valence-corrected chi connectivity index (χ2v) is 5.01. The van der Waals surface area contributed by atoms with Crippen molar-refractivity contribution in [3.63, 3.8) is 0 Å². The fraction of sp³-hybridized carbons (Fsp3) is 0.467. The number of ether oxygens (including phenoxy) is 1. The van der Waals surface area contributed by atoms with Gasteiger partial charge in [-0.1, -0.05) is 13.8 Å². The summed E-state index contributed by atoms with van der Waals surface area (Å²) >= 11 is 0. The molecule has 0 aliphatic rings. The number of nitrogens with zero attached hydrogens (tertiary/aromatic N) is 2. The molecular formula is C15H21N3O2. The van der Waals surface area contributed by atoms with Crippen molar-refractivity contribution in [3.8, 4) is 11.8 Å². The molecule has 0 heterocycles. The Kier molecular flexibility index (Phi) is 5.85. The second-order valence-electron chi connectivity index (χ2n) is 5.01. The largest absolute Gasteiger partial charge is 0.495 e. The molecule has 1 aromatic rings. The minimum absolute atomic E-state index is 0.108. The number of nitriles is 1. The van der Waals surface area contributed by atoms with Gasteiger partial charge in [-0.3, -0.25) is 4.79 Å². The van der Waals surface area contributed by atoms with E-state index in [1.54, 1.807) is 23.1 Å². The molecule has 5 nitrogen and oxygen atoms in total. The number of hydrogen-bond donors (Lipinski definition) is 1. The fourth-order valence-electron chi connectivity index (χ4n) is 1.95. The maximum atomic E-state index is 12.5. The highest BCUT2D eigenvalue weighted by Gasteiger charge is 2.17. The van der Waals surface area contributed by atoms with Gasteiger partial charge in [-0.2, -0.15) is 5.26 Å². The third kappa shape index (κ3) is 4.16. The molecule has 5 heteroatoms. The second kappa shape index (κ2) is 7.39. The molecule has 1 amide bonds. The predicted molar refractivity (Wildman–Crippen MR) is 78.4 cm³/mol. The van der Waals surface area contributed by atoms with Crippen molar-refractivity contribution < 1.29 is 9.53 Å². The van der Waals surface area contributed by atoms with Gasteiger partial charge in [-0.15, -0.1) is 0 Å². The first-order valence-electron chi connectivity index (χ1n) is 6.59. The van der Waals surface area contributed by atoms with E-state index in [-0.39, 0.29) is 5.91 Å².